The molecule has 0 spiro atoms. The minimum absolute atomic E-state index is 0.0450. The zero-order valence-corrected chi connectivity index (χ0v) is 10.2. The minimum Gasteiger partial charge on any atom is -0.348 e. The number of nitrogens with two attached hydrogens (primary N) is 1. The Morgan fingerprint density at radius 1 is 1.69 bits per heavy atom. The fourth-order valence-corrected chi connectivity index (χ4v) is 2.73. The van der Waals surface area contributed by atoms with E-state index in [9.17, 15) is 4.79 Å². The molecule has 5 heteroatoms. The van der Waals surface area contributed by atoms with Crippen LogP contribution in [0, 0.1) is 5.92 Å². The molecule has 0 atom stereocenters. The van der Waals surface area contributed by atoms with Crippen molar-refractivity contribution in [1.29, 1.82) is 0 Å². The number of carbonyl (C=O) groups excluding carboxylic acids is 1. The van der Waals surface area contributed by atoms with Gasteiger partial charge in [0.1, 0.15) is 5.69 Å². The summed E-state index contributed by atoms with van der Waals surface area (Å²) >= 11 is 1.50. The third-order valence-electron chi connectivity index (χ3n) is 2.85. The average molecular weight is 239 g/mol. The van der Waals surface area contributed by atoms with Crippen molar-refractivity contribution >= 4 is 17.2 Å². The molecule has 1 aromatic rings. The number of thiazole rings is 1. The number of amides is 1. The van der Waals surface area contributed by atoms with Crippen LogP contribution in [-0.2, 0) is 6.42 Å². The van der Waals surface area contributed by atoms with Gasteiger partial charge in [-0.05, 0) is 25.3 Å². The van der Waals surface area contributed by atoms with Gasteiger partial charge in [-0.2, -0.15) is 0 Å². The van der Waals surface area contributed by atoms with Crippen LogP contribution in [-0.4, -0.2) is 23.5 Å². The molecule has 0 unspecified atom stereocenters. The van der Waals surface area contributed by atoms with Crippen LogP contribution in [0.4, 0.5) is 0 Å². The third-order valence-corrected chi connectivity index (χ3v) is 3.76. The summed E-state index contributed by atoms with van der Waals surface area (Å²) in [6.07, 6.45) is 2.93. The van der Waals surface area contributed by atoms with Gasteiger partial charge in [0.05, 0.1) is 5.01 Å². The van der Waals surface area contributed by atoms with E-state index in [0.717, 1.165) is 30.2 Å². The van der Waals surface area contributed by atoms with Crippen molar-refractivity contribution in [3.05, 3.63) is 16.1 Å². The predicted octanol–water partition coefficient (Wildman–Crippen LogP) is 1.17. The molecule has 0 radical (unpaired) electrons. The number of nitrogens with zero attached hydrogens (tertiary/aromatic N) is 1. The fraction of sp³-hybridized carbons (Fsp3) is 0.636. The lowest BCUT2D eigenvalue weighted by Gasteiger charge is -2.32. The van der Waals surface area contributed by atoms with Crippen molar-refractivity contribution in [1.82, 2.24) is 10.3 Å². The lowest BCUT2D eigenvalue weighted by Crippen LogP contribution is -2.43. The van der Waals surface area contributed by atoms with Crippen LogP contribution >= 0.6 is 11.3 Å². The van der Waals surface area contributed by atoms with Crippen molar-refractivity contribution in [3.8, 4) is 0 Å². The summed E-state index contributed by atoms with van der Waals surface area (Å²) in [4.78, 5) is 16.0. The molecule has 1 fully saturated rings. The second-order valence-corrected chi connectivity index (χ2v) is 5.35. The van der Waals surface area contributed by atoms with Crippen molar-refractivity contribution in [2.45, 2.75) is 32.2 Å². The molecule has 2 rings (SSSR count). The van der Waals surface area contributed by atoms with Crippen LogP contribution in [0.5, 0.6) is 0 Å². The lowest BCUT2D eigenvalue weighted by molar-refractivity contribution is 0.0891. The Balaban J connectivity index is 1.88. The summed E-state index contributed by atoms with van der Waals surface area (Å²) in [6.45, 7) is 2.78. The average Bonchev–Trinajstić information content (AvgIpc) is 2.64. The molecule has 1 aliphatic rings. The molecule has 1 aliphatic carbocycles. The van der Waals surface area contributed by atoms with Crippen LogP contribution in [0.2, 0.25) is 0 Å². The molecule has 3 N–H and O–H groups in total. The first-order valence-corrected chi connectivity index (χ1v) is 6.52. The van der Waals surface area contributed by atoms with E-state index >= 15 is 0 Å². The molecule has 88 valence electrons. The third kappa shape index (κ3) is 2.59. The first kappa shape index (κ1) is 11.5. The molecule has 0 saturated heterocycles. The maximum absolute atomic E-state index is 11.8. The Kier molecular flexibility index (Phi) is 3.56. The first-order chi connectivity index (χ1) is 7.69. The van der Waals surface area contributed by atoms with E-state index in [0.29, 0.717) is 18.3 Å². The molecule has 0 aromatic carbocycles. The number of carbonyl (C=O) groups is 1. The number of hydrogen-bond donors (Lipinski definition) is 2. The maximum atomic E-state index is 11.8. The molecule has 16 heavy (non-hydrogen) atoms. The Bertz CT molecular complexity index is 371. The van der Waals surface area contributed by atoms with Crippen LogP contribution in [0.1, 0.15) is 35.3 Å². The van der Waals surface area contributed by atoms with Gasteiger partial charge >= 0.3 is 0 Å². The van der Waals surface area contributed by atoms with Crippen LogP contribution in [0.15, 0.2) is 5.38 Å². The van der Waals surface area contributed by atoms with E-state index in [4.69, 9.17) is 5.73 Å². The van der Waals surface area contributed by atoms with Gasteiger partial charge in [-0.1, -0.05) is 6.92 Å². The molecule has 1 saturated carbocycles. The quantitative estimate of drug-likeness (QED) is 0.829. The zero-order chi connectivity index (χ0) is 11.5. The van der Waals surface area contributed by atoms with E-state index < -0.39 is 0 Å². The van der Waals surface area contributed by atoms with E-state index in [-0.39, 0.29) is 5.91 Å². The summed E-state index contributed by atoms with van der Waals surface area (Å²) in [5.41, 5.74) is 5.97. The van der Waals surface area contributed by atoms with Crippen molar-refractivity contribution < 1.29 is 4.79 Å². The predicted molar refractivity (Wildman–Crippen MR) is 64.5 cm³/mol. The topological polar surface area (TPSA) is 68.0 Å². The molecule has 0 bridgehead atoms. The SMILES string of the molecule is CC1CC(NC(=O)c2csc(CCN)n2)C1. The van der Waals surface area contributed by atoms with Crippen LogP contribution in [0.25, 0.3) is 0 Å². The van der Waals surface area contributed by atoms with Gasteiger partial charge in [0.25, 0.3) is 5.91 Å². The number of nitrogens with one attached hydrogen (secondary N) is 1. The summed E-state index contributed by atoms with van der Waals surface area (Å²) in [7, 11) is 0. The largest absolute Gasteiger partial charge is 0.348 e. The molecular weight excluding hydrogens is 222 g/mol. The molecule has 4 nitrogen and oxygen atoms in total. The van der Waals surface area contributed by atoms with Gasteiger partial charge in [0, 0.05) is 17.8 Å². The molecule has 1 heterocycles. The van der Waals surface area contributed by atoms with E-state index in [1.165, 1.54) is 11.3 Å². The van der Waals surface area contributed by atoms with Gasteiger partial charge in [0.15, 0.2) is 0 Å². The van der Waals surface area contributed by atoms with E-state index in [2.05, 4.69) is 17.2 Å². The smallest absolute Gasteiger partial charge is 0.270 e. The summed E-state index contributed by atoms with van der Waals surface area (Å²) < 4.78 is 0. The van der Waals surface area contributed by atoms with Gasteiger partial charge in [0.2, 0.25) is 0 Å². The molecule has 1 amide bonds. The van der Waals surface area contributed by atoms with E-state index in [1.54, 1.807) is 0 Å². The standard InChI is InChI=1S/C11H17N3OS/c1-7-4-8(5-7)13-11(15)9-6-16-10(14-9)2-3-12/h6-8H,2-5,12H2,1H3,(H,13,15). The number of rotatable bonds is 4. The fourth-order valence-electron chi connectivity index (χ4n) is 1.93. The lowest BCUT2D eigenvalue weighted by atomic mass is 9.82. The second-order valence-electron chi connectivity index (χ2n) is 4.41. The second kappa shape index (κ2) is 4.93. The van der Waals surface area contributed by atoms with Crippen molar-refractivity contribution in [3.63, 3.8) is 0 Å². The highest BCUT2D eigenvalue weighted by atomic mass is 32.1. The molecular formula is C11H17N3OS. The minimum atomic E-state index is -0.0450. The maximum Gasteiger partial charge on any atom is 0.270 e. The summed E-state index contributed by atoms with van der Waals surface area (Å²) in [5, 5.41) is 5.74. The number of aromatic nitrogens is 1. The summed E-state index contributed by atoms with van der Waals surface area (Å²) in [6, 6.07) is 0.349. The highest BCUT2D eigenvalue weighted by Gasteiger charge is 2.27. The Hall–Kier alpha value is -0.940. The van der Waals surface area contributed by atoms with Gasteiger partial charge < -0.3 is 11.1 Å². The van der Waals surface area contributed by atoms with Gasteiger partial charge in [-0.25, -0.2) is 4.98 Å². The van der Waals surface area contributed by atoms with Gasteiger partial charge in [-0.15, -0.1) is 11.3 Å². The van der Waals surface area contributed by atoms with Crippen molar-refractivity contribution in [2.24, 2.45) is 11.7 Å². The normalized spacial score (nSPS) is 23.9. The Morgan fingerprint density at radius 3 is 3.06 bits per heavy atom. The van der Waals surface area contributed by atoms with Crippen molar-refractivity contribution in [2.75, 3.05) is 6.54 Å². The highest BCUT2D eigenvalue weighted by molar-refractivity contribution is 7.09. The molecule has 1 aromatic heterocycles. The first-order valence-electron chi connectivity index (χ1n) is 5.64. The monoisotopic (exact) mass is 239 g/mol. The van der Waals surface area contributed by atoms with Gasteiger partial charge in [-0.3, -0.25) is 4.79 Å². The Morgan fingerprint density at radius 2 is 2.44 bits per heavy atom. The number of hydrogen-bond acceptors (Lipinski definition) is 4. The zero-order valence-electron chi connectivity index (χ0n) is 9.40. The van der Waals surface area contributed by atoms with E-state index in [1.807, 2.05) is 5.38 Å². The van der Waals surface area contributed by atoms with Crippen LogP contribution < -0.4 is 11.1 Å². The molecule has 0 aliphatic heterocycles. The highest BCUT2D eigenvalue weighted by Crippen LogP contribution is 2.26. The Labute approximate surface area is 99.3 Å². The summed E-state index contributed by atoms with van der Waals surface area (Å²) in [5.74, 6) is 0.699. The van der Waals surface area contributed by atoms with Crippen LogP contribution in [0.3, 0.4) is 0 Å².